The molecule has 0 bridgehead atoms. The molecule has 2 N–H and O–H groups in total. The molecule has 4 aromatic rings. The number of phenolic OH excluding ortho intramolecular Hbond substituents is 1. The Morgan fingerprint density at radius 3 is 3.00 bits per heavy atom. The lowest BCUT2D eigenvalue weighted by Gasteiger charge is -2.12. The summed E-state index contributed by atoms with van der Waals surface area (Å²) in [5, 5.41) is 13.1. The summed E-state index contributed by atoms with van der Waals surface area (Å²) in [4.78, 5) is 13.5. The first-order valence-electron chi connectivity index (χ1n) is 8.82. The van der Waals surface area contributed by atoms with Crippen LogP contribution in [0.25, 0.3) is 16.9 Å². The maximum Gasteiger partial charge on any atom is 0.180 e. The molecule has 138 valence electrons. The SMILES string of the molecule is COc1cc(Nc2nc(-c3ccc4c(c3)CN=C4)cn3ccnc23)ccc1O. The van der Waals surface area contributed by atoms with Crippen LogP contribution in [0.3, 0.4) is 0 Å². The number of phenols is 1. The molecule has 2 aromatic carbocycles. The van der Waals surface area contributed by atoms with E-state index in [0.29, 0.717) is 23.8 Å². The molecule has 7 nitrogen and oxygen atoms in total. The Labute approximate surface area is 161 Å². The zero-order chi connectivity index (χ0) is 19.1. The molecule has 0 unspecified atom stereocenters. The number of rotatable bonds is 4. The van der Waals surface area contributed by atoms with Gasteiger partial charge in [-0.05, 0) is 29.3 Å². The molecule has 0 aliphatic carbocycles. The Morgan fingerprint density at radius 2 is 2.11 bits per heavy atom. The lowest BCUT2D eigenvalue weighted by molar-refractivity contribution is 0.374. The number of methoxy groups -OCH3 is 1. The normalized spacial score (nSPS) is 12.3. The maximum atomic E-state index is 9.81. The van der Waals surface area contributed by atoms with Gasteiger partial charge in [-0.3, -0.25) is 4.99 Å². The van der Waals surface area contributed by atoms with E-state index in [2.05, 4.69) is 33.5 Å². The van der Waals surface area contributed by atoms with Gasteiger partial charge in [-0.1, -0.05) is 12.1 Å². The molecule has 5 rings (SSSR count). The lowest BCUT2D eigenvalue weighted by Crippen LogP contribution is -2.01. The zero-order valence-corrected chi connectivity index (χ0v) is 15.1. The first-order chi connectivity index (χ1) is 13.7. The van der Waals surface area contributed by atoms with Gasteiger partial charge in [0.2, 0.25) is 0 Å². The quantitative estimate of drug-likeness (QED) is 0.533. The van der Waals surface area contributed by atoms with Crippen molar-refractivity contribution in [1.29, 1.82) is 0 Å². The van der Waals surface area contributed by atoms with E-state index in [1.165, 1.54) is 12.7 Å². The van der Waals surface area contributed by atoms with Gasteiger partial charge in [0.25, 0.3) is 0 Å². The summed E-state index contributed by atoms with van der Waals surface area (Å²) >= 11 is 0. The second-order valence-electron chi connectivity index (χ2n) is 6.53. The lowest BCUT2D eigenvalue weighted by atomic mass is 10.0. The standard InChI is InChI=1S/C21H17N5O2/c1-28-19-9-16(4-5-18(19)27)24-20-21-23-6-7-26(21)12-17(25-20)13-2-3-14-10-22-11-15(14)8-13/h2-10,12,27H,11H2,1H3,(H,24,25). The number of aliphatic imine (C=N–C) groups is 1. The molecule has 0 fully saturated rings. The minimum Gasteiger partial charge on any atom is -0.504 e. The molecule has 0 atom stereocenters. The van der Waals surface area contributed by atoms with Crippen LogP contribution in [-0.4, -0.2) is 32.8 Å². The van der Waals surface area contributed by atoms with Gasteiger partial charge in [0.15, 0.2) is 23.0 Å². The number of hydrogen-bond donors (Lipinski definition) is 2. The summed E-state index contributed by atoms with van der Waals surface area (Å²) in [5.41, 5.74) is 5.65. The summed E-state index contributed by atoms with van der Waals surface area (Å²) in [5.74, 6) is 1.09. The fourth-order valence-corrected chi connectivity index (χ4v) is 3.32. The Kier molecular flexibility index (Phi) is 3.72. The van der Waals surface area contributed by atoms with E-state index in [9.17, 15) is 5.11 Å². The van der Waals surface area contributed by atoms with Crippen molar-refractivity contribution in [1.82, 2.24) is 14.4 Å². The molecular weight excluding hydrogens is 354 g/mol. The van der Waals surface area contributed by atoms with Gasteiger partial charge in [0.1, 0.15) is 0 Å². The van der Waals surface area contributed by atoms with Crippen molar-refractivity contribution in [3.63, 3.8) is 0 Å². The minimum atomic E-state index is 0.0843. The van der Waals surface area contributed by atoms with Crippen molar-refractivity contribution < 1.29 is 9.84 Å². The third-order valence-corrected chi connectivity index (χ3v) is 4.75. The molecule has 1 aliphatic heterocycles. The predicted molar refractivity (Wildman–Crippen MR) is 108 cm³/mol. The number of nitrogens with zero attached hydrogens (tertiary/aromatic N) is 4. The maximum absolute atomic E-state index is 9.81. The van der Waals surface area contributed by atoms with Crippen LogP contribution in [0.5, 0.6) is 11.5 Å². The van der Waals surface area contributed by atoms with E-state index >= 15 is 0 Å². The van der Waals surface area contributed by atoms with Crippen LogP contribution < -0.4 is 10.1 Å². The molecule has 2 aromatic heterocycles. The average Bonchev–Trinajstić information content (AvgIpc) is 3.37. The van der Waals surface area contributed by atoms with Gasteiger partial charge < -0.3 is 19.6 Å². The van der Waals surface area contributed by atoms with Gasteiger partial charge in [-0.25, -0.2) is 9.97 Å². The largest absolute Gasteiger partial charge is 0.504 e. The van der Waals surface area contributed by atoms with E-state index in [4.69, 9.17) is 9.72 Å². The van der Waals surface area contributed by atoms with Crippen molar-refractivity contribution >= 4 is 23.4 Å². The smallest absolute Gasteiger partial charge is 0.180 e. The summed E-state index contributed by atoms with van der Waals surface area (Å²) in [6.07, 6.45) is 7.48. The van der Waals surface area contributed by atoms with Crippen molar-refractivity contribution in [3.8, 4) is 22.8 Å². The third-order valence-electron chi connectivity index (χ3n) is 4.75. The number of ether oxygens (including phenoxy) is 1. The second kappa shape index (κ2) is 6.38. The second-order valence-corrected chi connectivity index (χ2v) is 6.53. The number of aromatic nitrogens is 3. The fourth-order valence-electron chi connectivity index (χ4n) is 3.32. The third kappa shape index (κ3) is 2.73. The van der Waals surface area contributed by atoms with E-state index in [1.807, 2.05) is 23.0 Å². The number of hydrogen-bond acceptors (Lipinski definition) is 6. The molecule has 0 amide bonds. The summed E-state index contributed by atoms with van der Waals surface area (Å²) in [6, 6.07) is 11.3. The van der Waals surface area contributed by atoms with Crippen LogP contribution in [-0.2, 0) is 6.54 Å². The predicted octanol–water partition coefficient (Wildman–Crippen LogP) is 3.79. The van der Waals surface area contributed by atoms with E-state index in [1.54, 1.807) is 24.4 Å². The Hall–Kier alpha value is -3.87. The highest BCUT2D eigenvalue weighted by Crippen LogP contribution is 2.31. The highest BCUT2D eigenvalue weighted by Gasteiger charge is 2.13. The molecular formula is C21H17N5O2. The van der Waals surface area contributed by atoms with E-state index < -0.39 is 0 Å². The molecule has 1 aliphatic rings. The Balaban J connectivity index is 1.58. The molecule has 0 saturated carbocycles. The molecule has 3 heterocycles. The number of fused-ring (bicyclic) bond motifs is 2. The summed E-state index contributed by atoms with van der Waals surface area (Å²) in [6.45, 7) is 0.703. The fraction of sp³-hybridized carbons (Fsp3) is 0.0952. The number of nitrogens with one attached hydrogen (secondary N) is 1. The first-order valence-corrected chi connectivity index (χ1v) is 8.82. The number of anilines is 2. The molecule has 0 saturated heterocycles. The van der Waals surface area contributed by atoms with Gasteiger partial charge >= 0.3 is 0 Å². The Bertz CT molecular complexity index is 1230. The van der Waals surface area contributed by atoms with Crippen LogP contribution >= 0.6 is 0 Å². The van der Waals surface area contributed by atoms with Gasteiger partial charge in [-0.15, -0.1) is 0 Å². The topological polar surface area (TPSA) is 84.0 Å². The van der Waals surface area contributed by atoms with Crippen molar-refractivity contribution in [3.05, 3.63) is 66.1 Å². The van der Waals surface area contributed by atoms with E-state index in [0.717, 1.165) is 22.5 Å². The summed E-state index contributed by atoms with van der Waals surface area (Å²) < 4.78 is 7.12. The summed E-state index contributed by atoms with van der Waals surface area (Å²) in [7, 11) is 1.52. The Morgan fingerprint density at radius 1 is 1.18 bits per heavy atom. The number of imidazole rings is 1. The van der Waals surface area contributed by atoms with Gasteiger partial charge in [0, 0.05) is 42.1 Å². The van der Waals surface area contributed by atoms with Crippen LogP contribution in [0.15, 0.2) is 60.0 Å². The van der Waals surface area contributed by atoms with Crippen molar-refractivity contribution in [2.75, 3.05) is 12.4 Å². The average molecular weight is 371 g/mol. The van der Waals surface area contributed by atoms with E-state index in [-0.39, 0.29) is 5.75 Å². The van der Waals surface area contributed by atoms with Crippen LogP contribution in [0.1, 0.15) is 11.1 Å². The van der Waals surface area contributed by atoms with Gasteiger partial charge in [-0.2, -0.15) is 0 Å². The number of aromatic hydroxyl groups is 1. The highest BCUT2D eigenvalue weighted by atomic mass is 16.5. The minimum absolute atomic E-state index is 0.0843. The molecule has 0 radical (unpaired) electrons. The van der Waals surface area contributed by atoms with Gasteiger partial charge in [0.05, 0.1) is 19.3 Å². The molecule has 28 heavy (non-hydrogen) atoms. The monoisotopic (exact) mass is 371 g/mol. The van der Waals surface area contributed by atoms with Crippen LogP contribution in [0.2, 0.25) is 0 Å². The van der Waals surface area contributed by atoms with Crippen LogP contribution in [0.4, 0.5) is 11.5 Å². The first kappa shape index (κ1) is 16.3. The van der Waals surface area contributed by atoms with Crippen LogP contribution in [0, 0.1) is 0 Å². The highest BCUT2D eigenvalue weighted by molar-refractivity contribution is 5.86. The molecule has 7 heteroatoms. The van der Waals surface area contributed by atoms with Crippen molar-refractivity contribution in [2.45, 2.75) is 6.54 Å². The molecule has 0 spiro atoms. The van der Waals surface area contributed by atoms with Crippen molar-refractivity contribution in [2.24, 2.45) is 4.99 Å². The number of benzene rings is 2. The zero-order valence-electron chi connectivity index (χ0n) is 15.1.